The van der Waals surface area contributed by atoms with Crippen molar-refractivity contribution in [1.29, 1.82) is 0 Å². The summed E-state index contributed by atoms with van der Waals surface area (Å²) in [6.45, 7) is 1.89. The van der Waals surface area contributed by atoms with E-state index < -0.39 is 0 Å². The fourth-order valence-electron chi connectivity index (χ4n) is 0.312. The highest BCUT2D eigenvalue weighted by Gasteiger charge is 1.77. The fraction of sp³-hybridized carbons (Fsp3) is 0.200. The van der Waals surface area contributed by atoms with Crippen LogP contribution in [0.3, 0.4) is 0 Å². The zero-order valence-electron chi connectivity index (χ0n) is 3.56. The number of aryl methyl sites for hydroxylation is 1. The van der Waals surface area contributed by atoms with Crippen LogP contribution in [0, 0.1) is 13.2 Å². The van der Waals surface area contributed by atoms with E-state index in [0.717, 1.165) is 5.76 Å². The molecule has 6 heavy (non-hydrogen) atoms. The Morgan fingerprint density at radius 2 is 2.67 bits per heavy atom. The fourth-order valence-corrected chi connectivity index (χ4v) is 0.312. The molecular weight excluding hydrogens is 76.1 g/mol. The first-order valence-corrected chi connectivity index (χ1v) is 1.82. The van der Waals surface area contributed by atoms with Crippen molar-refractivity contribution in [3.05, 3.63) is 24.2 Å². The second-order valence-electron chi connectivity index (χ2n) is 1.16. The maximum Gasteiger partial charge on any atom is 0.169 e. The first-order chi connectivity index (χ1) is 2.89. The molecule has 1 aromatic rings. The quantitative estimate of drug-likeness (QED) is 0.460. The Kier molecular flexibility index (Phi) is 0.675. The van der Waals surface area contributed by atoms with E-state index in [4.69, 9.17) is 4.42 Å². The lowest BCUT2D eigenvalue weighted by molar-refractivity contribution is 0.526. The average Bonchev–Trinajstić information content (AvgIpc) is 1.86. The summed E-state index contributed by atoms with van der Waals surface area (Å²) in [5, 5.41) is 0. The van der Waals surface area contributed by atoms with Crippen LogP contribution in [0.15, 0.2) is 16.5 Å². The number of rotatable bonds is 0. The third-order valence-corrected chi connectivity index (χ3v) is 0.606. The molecule has 1 rings (SSSR count). The smallest absolute Gasteiger partial charge is 0.169 e. The molecule has 1 heteroatoms. The molecule has 0 saturated heterocycles. The molecule has 31 valence electrons. The lowest BCUT2D eigenvalue weighted by Gasteiger charge is -1.68. The van der Waals surface area contributed by atoms with Crippen molar-refractivity contribution in [3.63, 3.8) is 0 Å². The van der Waals surface area contributed by atoms with E-state index in [1.807, 2.05) is 13.0 Å². The van der Waals surface area contributed by atoms with Crippen LogP contribution in [0.2, 0.25) is 0 Å². The molecule has 0 N–H and O–H groups in total. The van der Waals surface area contributed by atoms with Gasteiger partial charge < -0.3 is 4.42 Å². The minimum atomic E-state index is 0.912. The van der Waals surface area contributed by atoms with Gasteiger partial charge in [-0.1, -0.05) is 0 Å². The van der Waals surface area contributed by atoms with Gasteiger partial charge in [-0.2, -0.15) is 0 Å². The van der Waals surface area contributed by atoms with Crippen LogP contribution in [-0.4, -0.2) is 0 Å². The van der Waals surface area contributed by atoms with Crippen LogP contribution in [0.5, 0.6) is 0 Å². The monoisotopic (exact) mass is 81.0 g/mol. The van der Waals surface area contributed by atoms with Crippen LogP contribution >= 0.6 is 0 Å². The maximum atomic E-state index is 4.71. The van der Waals surface area contributed by atoms with Crippen LogP contribution in [0.1, 0.15) is 5.76 Å². The van der Waals surface area contributed by atoms with Crippen LogP contribution in [-0.2, 0) is 0 Å². The molecule has 0 aliphatic rings. The lowest BCUT2D eigenvalue weighted by atomic mass is 10.5. The van der Waals surface area contributed by atoms with Gasteiger partial charge in [0, 0.05) is 0 Å². The molecule has 0 aliphatic heterocycles. The molecule has 0 aromatic carbocycles. The van der Waals surface area contributed by atoms with Gasteiger partial charge in [-0.3, -0.25) is 0 Å². The maximum absolute atomic E-state index is 4.71. The van der Waals surface area contributed by atoms with E-state index in [2.05, 4.69) is 6.26 Å². The summed E-state index contributed by atoms with van der Waals surface area (Å²) in [5.74, 6) is 0.912. The molecule has 1 heterocycles. The van der Waals surface area contributed by atoms with Gasteiger partial charge in [0.05, 0.1) is 0 Å². The van der Waals surface area contributed by atoms with Crippen molar-refractivity contribution >= 4 is 0 Å². The normalized spacial score (nSPS) is 8.83. The highest BCUT2D eigenvalue weighted by Crippen LogP contribution is 1.92. The Morgan fingerprint density at radius 3 is 2.83 bits per heavy atom. The average molecular weight is 81.1 g/mol. The molecule has 1 radical (unpaired) electrons. The molecular formula is C5H5O. The third kappa shape index (κ3) is 0.432. The van der Waals surface area contributed by atoms with Crippen molar-refractivity contribution in [2.75, 3.05) is 0 Å². The van der Waals surface area contributed by atoms with Crippen LogP contribution in [0.4, 0.5) is 0 Å². The molecule has 0 bridgehead atoms. The lowest BCUT2D eigenvalue weighted by Crippen LogP contribution is -1.48. The Morgan fingerprint density at radius 1 is 1.83 bits per heavy atom. The Labute approximate surface area is 36.6 Å². The van der Waals surface area contributed by atoms with Gasteiger partial charge in [-0.15, -0.1) is 0 Å². The van der Waals surface area contributed by atoms with Crippen LogP contribution in [0.25, 0.3) is 0 Å². The molecule has 0 atom stereocenters. The van der Waals surface area contributed by atoms with E-state index in [9.17, 15) is 0 Å². The van der Waals surface area contributed by atoms with Gasteiger partial charge in [0.15, 0.2) is 6.26 Å². The molecule has 0 amide bonds. The summed E-state index contributed by atoms with van der Waals surface area (Å²) < 4.78 is 4.71. The molecule has 0 saturated carbocycles. The summed E-state index contributed by atoms with van der Waals surface area (Å²) in [6, 6.07) is 3.61. The van der Waals surface area contributed by atoms with Crippen LogP contribution < -0.4 is 0 Å². The van der Waals surface area contributed by atoms with E-state index in [1.165, 1.54) is 0 Å². The summed E-state index contributed by atoms with van der Waals surface area (Å²) in [4.78, 5) is 0. The SMILES string of the molecule is Cc1cc[c]o1. The van der Waals surface area contributed by atoms with Crippen molar-refractivity contribution in [2.24, 2.45) is 0 Å². The zero-order valence-corrected chi connectivity index (χ0v) is 3.56. The van der Waals surface area contributed by atoms with Gasteiger partial charge in [-0.05, 0) is 19.1 Å². The molecule has 0 fully saturated rings. The molecule has 0 spiro atoms. The van der Waals surface area contributed by atoms with Crippen molar-refractivity contribution in [2.45, 2.75) is 6.92 Å². The first-order valence-electron chi connectivity index (χ1n) is 1.82. The molecule has 0 unspecified atom stereocenters. The third-order valence-electron chi connectivity index (χ3n) is 0.606. The Bertz CT molecular complexity index is 107. The van der Waals surface area contributed by atoms with E-state index in [1.54, 1.807) is 6.07 Å². The van der Waals surface area contributed by atoms with Gasteiger partial charge in [-0.25, -0.2) is 0 Å². The first kappa shape index (κ1) is 3.47. The number of hydrogen-bond acceptors (Lipinski definition) is 1. The highest BCUT2D eigenvalue weighted by atomic mass is 16.3. The predicted octanol–water partition coefficient (Wildman–Crippen LogP) is 1.39. The van der Waals surface area contributed by atoms with E-state index >= 15 is 0 Å². The largest absolute Gasteiger partial charge is 0.458 e. The molecule has 1 aromatic heterocycles. The number of hydrogen-bond donors (Lipinski definition) is 0. The minimum absolute atomic E-state index is 0.912. The molecule has 0 aliphatic carbocycles. The summed E-state index contributed by atoms with van der Waals surface area (Å²) in [7, 11) is 0. The van der Waals surface area contributed by atoms with E-state index in [0.29, 0.717) is 0 Å². The van der Waals surface area contributed by atoms with Gasteiger partial charge in [0.1, 0.15) is 5.76 Å². The van der Waals surface area contributed by atoms with Gasteiger partial charge in [0.2, 0.25) is 0 Å². The summed E-state index contributed by atoms with van der Waals surface area (Å²) in [6.07, 6.45) is 2.55. The van der Waals surface area contributed by atoms with Gasteiger partial charge >= 0.3 is 0 Å². The predicted molar refractivity (Wildman–Crippen MR) is 22.3 cm³/mol. The number of furan rings is 1. The standard InChI is InChI=1S/C5H5O/c1-5-3-2-4-6-5/h2-3H,1H3. The molecule has 1 nitrogen and oxygen atoms in total. The van der Waals surface area contributed by atoms with Crippen molar-refractivity contribution in [3.8, 4) is 0 Å². The van der Waals surface area contributed by atoms with Crippen molar-refractivity contribution in [1.82, 2.24) is 0 Å². The topological polar surface area (TPSA) is 13.1 Å². The van der Waals surface area contributed by atoms with Gasteiger partial charge in [0.25, 0.3) is 0 Å². The summed E-state index contributed by atoms with van der Waals surface area (Å²) in [5.41, 5.74) is 0. The van der Waals surface area contributed by atoms with Crippen molar-refractivity contribution < 1.29 is 4.42 Å². The Hall–Kier alpha value is -0.720. The minimum Gasteiger partial charge on any atom is -0.458 e. The second kappa shape index (κ2) is 1.17. The second-order valence-corrected chi connectivity index (χ2v) is 1.16. The highest BCUT2D eigenvalue weighted by molar-refractivity contribution is 4.92. The van der Waals surface area contributed by atoms with E-state index in [-0.39, 0.29) is 0 Å². The Balaban J connectivity index is 3.05. The zero-order chi connectivity index (χ0) is 4.41. The summed E-state index contributed by atoms with van der Waals surface area (Å²) >= 11 is 0.